The molecule has 3 N–H and O–H groups in total. The molecule has 2 rings (SSSR count). The quantitative estimate of drug-likeness (QED) is 0.700. The standard InChI is InChI=1S/C14H21N5O2/c1-4-10-17-12(15-5-2)8(3)13(18-10)16-9-6-7-11(20)19-14(9)21/h9H,4-7H2,1-3H3,(H,19,20,21)(H2,15,16,17,18). The van der Waals surface area contributed by atoms with Crippen molar-refractivity contribution in [2.75, 3.05) is 17.2 Å². The van der Waals surface area contributed by atoms with E-state index in [1.165, 1.54) is 0 Å². The first-order chi connectivity index (χ1) is 10.0. The van der Waals surface area contributed by atoms with Crippen molar-refractivity contribution in [2.45, 2.75) is 46.1 Å². The van der Waals surface area contributed by atoms with Gasteiger partial charge in [-0.05, 0) is 20.3 Å². The predicted molar refractivity (Wildman–Crippen MR) is 80.1 cm³/mol. The highest BCUT2D eigenvalue weighted by molar-refractivity contribution is 6.01. The molecule has 0 saturated carbocycles. The summed E-state index contributed by atoms with van der Waals surface area (Å²) in [6.45, 7) is 6.65. The van der Waals surface area contributed by atoms with Crippen molar-refractivity contribution < 1.29 is 9.59 Å². The molecule has 2 amide bonds. The fourth-order valence-electron chi connectivity index (χ4n) is 2.20. The van der Waals surface area contributed by atoms with E-state index in [2.05, 4.69) is 25.9 Å². The van der Waals surface area contributed by atoms with E-state index >= 15 is 0 Å². The second-order valence-corrected chi connectivity index (χ2v) is 4.99. The second-order valence-electron chi connectivity index (χ2n) is 4.99. The van der Waals surface area contributed by atoms with E-state index < -0.39 is 6.04 Å². The second kappa shape index (κ2) is 6.51. The molecule has 0 aromatic carbocycles. The lowest BCUT2D eigenvalue weighted by molar-refractivity contribution is -0.133. The maximum absolute atomic E-state index is 11.8. The molecule has 1 fully saturated rings. The number of anilines is 2. The van der Waals surface area contributed by atoms with Gasteiger partial charge in [-0.25, -0.2) is 9.97 Å². The highest BCUT2D eigenvalue weighted by Gasteiger charge is 2.27. The third-order valence-corrected chi connectivity index (χ3v) is 3.40. The zero-order valence-electron chi connectivity index (χ0n) is 12.6. The fraction of sp³-hybridized carbons (Fsp3) is 0.571. The van der Waals surface area contributed by atoms with Crippen molar-refractivity contribution in [2.24, 2.45) is 0 Å². The lowest BCUT2D eigenvalue weighted by Gasteiger charge is -2.23. The van der Waals surface area contributed by atoms with Crippen LogP contribution in [-0.2, 0) is 16.0 Å². The van der Waals surface area contributed by atoms with Gasteiger partial charge in [-0.3, -0.25) is 14.9 Å². The molecule has 1 aromatic rings. The third kappa shape index (κ3) is 3.48. The first kappa shape index (κ1) is 15.2. The number of nitrogens with zero attached hydrogens (tertiary/aromatic N) is 2. The SMILES string of the molecule is CCNc1nc(CC)nc(NC2CCC(=O)NC2=O)c1C. The molecule has 1 aliphatic heterocycles. The predicted octanol–water partition coefficient (Wildman–Crippen LogP) is 0.996. The number of nitrogens with one attached hydrogen (secondary N) is 3. The monoisotopic (exact) mass is 291 g/mol. The van der Waals surface area contributed by atoms with Crippen molar-refractivity contribution in [3.05, 3.63) is 11.4 Å². The van der Waals surface area contributed by atoms with Crippen molar-refractivity contribution in [3.8, 4) is 0 Å². The highest BCUT2D eigenvalue weighted by Crippen LogP contribution is 2.22. The van der Waals surface area contributed by atoms with Gasteiger partial charge in [0, 0.05) is 24.9 Å². The summed E-state index contributed by atoms with van der Waals surface area (Å²) in [4.78, 5) is 31.9. The van der Waals surface area contributed by atoms with Crippen LogP contribution in [0.4, 0.5) is 11.6 Å². The largest absolute Gasteiger partial charge is 0.370 e. The molecular formula is C14H21N5O2. The fourth-order valence-corrected chi connectivity index (χ4v) is 2.20. The minimum atomic E-state index is -0.435. The van der Waals surface area contributed by atoms with Gasteiger partial charge in [0.25, 0.3) is 0 Å². The molecule has 1 atom stereocenters. The Labute approximate surface area is 123 Å². The number of hydrogen-bond donors (Lipinski definition) is 3. The summed E-state index contributed by atoms with van der Waals surface area (Å²) in [7, 11) is 0. The van der Waals surface area contributed by atoms with Crippen molar-refractivity contribution in [3.63, 3.8) is 0 Å². The molecule has 0 aliphatic carbocycles. The number of rotatable bonds is 5. The number of carbonyl (C=O) groups excluding carboxylic acids is 2. The number of amides is 2. The Morgan fingerprint density at radius 2 is 1.95 bits per heavy atom. The number of imide groups is 1. The first-order valence-corrected chi connectivity index (χ1v) is 7.26. The molecule has 1 saturated heterocycles. The van der Waals surface area contributed by atoms with Gasteiger partial charge in [-0.1, -0.05) is 6.92 Å². The van der Waals surface area contributed by atoms with Gasteiger partial charge in [-0.2, -0.15) is 0 Å². The molecule has 7 heteroatoms. The van der Waals surface area contributed by atoms with E-state index in [9.17, 15) is 9.59 Å². The van der Waals surface area contributed by atoms with E-state index in [0.29, 0.717) is 30.9 Å². The zero-order valence-corrected chi connectivity index (χ0v) is 12.6. The van der Waals surface area contributed by atoms with E-state index in [1.807, 2.05) is 20.8 Å². The number of aromatic nitrogens is 2. The molecule has 21 heavy (non-hydrogen) atoms. The van der Waals surface area contributed by atoms with Crippen LogP contribution in [0, 0.1) is 6.92 Å². The van der Waals surface area contributed by atoms with Gasteiger partial charge >= 0.3 is 0 Å². The Morgan fingerprint density at radius 3 is 2.57 bits per heavy atom. The Morgan fingerprint density at radius 1 is 1.24 bits per heavy atom. The van der Waals surface area contributed by atoms with Gasteiger partial charge in [-0.15, -0.1) is 0 Å². The molecule has 1 aliphatic rings. The van der Waals surface area contributed by atoms with Crippen LogP contribution < -0.4 is 16.0 Å². The summed E-state index contributed by atoms with van der Waals surface area (Å²) in [6, 6.07) is -0.435. The molecule has 1 unspecified atom stereocenters. The molecule has 1 aromatic heterocycles. The van der Waals surface area contributed by atoms with Crippen LogP contribution in [0.2, 0.25) is 0 Å². The average Bonchev–Trinajstić information content (AvgIpc) is 2.46. The smallest absolute Gasteiger partial charge is 0.249 e. The zero-order chi connectivity index (χ0) is 15.4. The maximum Gasteiger partial charge on any atom is 0.249 e. The van der Waals surface area contributed by atoms with Gasteiger partial charge in [0.2, 0.25) is 11.8 Å². The number of hydrogen-bond acceptors (Lipinski definition) is 6. The van der Waals surface area contributed by atoms with E-state index in [4.69, 9.17) is 0 Å². The van der Waals surface area contributed by atoms with Gasteiger partial charge in [0.05, 0.1) is 0 Å². The van der Waals surface area contributed by atoms with Gasteiger partial charge < -0.3 is 10.6 Å². The lowest BCUT2D eigenvalue weighted by atomic mass is 10.1. The van der Waals surface area contributed by atoms with Crippen LogP contribution in [0.5, 0.6) is 0 Å². The van der Waals surface area contributed by atoms with Crippen molar-refractivity contribution in [1.29, 1.82) is 0 Å². The normalized spacial score (nSPS) is 18.3. The van der Waals surface area contributed by atoms with E-state index in [1.54, 1.807) is 0 Å². The van der Waals surface area contributed by atoms with Crippen LogP contribution >= 0.6 is 0 Å². The van der Waals surface area contributed by atoms with Crippen LogP contribution in [0.1, 0.15) is 38.1 Å². The maximum atomic E-state index is 11.8. The molecule has 114 valence electrons. The van der Waals surface area contributed by atoms with Crippen LogP contribution in [-0.4, -0.2) is 34.4 Å². The minimum Gasteiger partial charge on any atom is -0.370 e. The highest BCUT2D eigenvalue weighted by atomic mass is 16.2. The summed E-state index contributed by atoms with van der Waals surface area (Å²) in [5.41, 5.74) is 0.874. The minimum absolute atomic E-state index is 0.222. The van der Waals surface area contributed by atoms with Crippen LogP contribution in [0.25, 0.3) is 0 Å². The molecular weight excluding hydrogens is 270 g/mol. The van der Waals surface area contributed by atoms with Crippen LogP contribution in [0.3, 0.4) is 0 Å². The Balaban J connectivity index is 2.24. The molecule has 7 nitrogen and oxygen atoms in total. The molecule has 0 radical (unpaired) electrons. The summed E-state index contributed by atoms with van der Waals surface area (Å²) in [5.74, 6) is 1.62. The van der Waals surface area contributed by atoms with Crippen LogP contribution in [0.15, 0.2) is 0 Å². The molecule has 0 spiro atoms. The van der Waals surface area contributed by atoms with Gasteiger partial charge in [0.1, 0.15) is 23.5 Å². The number of piperidine rings is 1. The lowest BCUT2D eigenvalue weighted by Crippen LogP contribution is -2.47. The molecule has 0 bridgehead atoms. The first-order valence-electron chi connectivity index (χ1n) is 7.26. The van der Waals surface area contributed by atoms with Crippen molar-refractivity contribution >= 4 is 23.5 Å². The van der Waals surface area contributed by atoms with Crippen molar-refractivity contribution in [1.82, 2.24) is 15.3 Å². The summed E-state index contributed by atoms with van der Waals surface area (Å²) >= 11 is 0. The van der Waals surface area contributed by atoms with E-state index in [-0.39, 0.29) is 11.8 Å². The summed E-state index contributed by atoms with van der Waals surface area (Å²) in [6.07, 6.45) is 1.53. The molecule has 2 heterocycles. The Hall–Kier alpha value is -2.18. The topological polar surface area (TPSA) is 96.0 Å². The van der Waals surface area contributed by atoms with Gasteiger partial charge in [0.15, 0.2) is 0 Å². The third-order valence-electron chi connectivity index (χ3n) is 3.40. The Kier molecular flexibility index (Phi) is 4.72. The average molecular weight is 291 g/mol. The Bertz CT molecular complexity index is 559. The van der Waals surface area contributed by atoms with E-state index in [0.717, 1.165) is 17.9 Å². The number of aryl methyl sites for hydroxylation is 1. The summed E-state index contributed by atoms with van der Waals surface area (Å²) < 4.78 is 0. The number of carbonyl (C=O) groups is 2. The summed E-state index contributed by atoms with van der Waals surface area (Å²) in [5, 5.41) is 8.68.